The van der Waals surface area contributed by atoms with Crippen LogP contribution < -0.4 is 21.1 Å². The molecular formula is C19H17ClF3N7O2. The number of anilines is 3. The number of benzene rings is 2. The zero-order valence-corrected chi connectivity index (χ0v) is 17.2. The molecule has 0 radical (unpaired) electrons. The van der Waals surface area contributed by atoms with Crippen molar-refractivity contribution in [3.8, 4) is 17.1 Å². The number of aromatic amines is 1. The van der Waals surface area contributed by atoms with Crippen LogP contribution in [0.3, 0.4) is 0 Å². The normalized spacial score (nSPS) is 11.2. The summed E-state index contributed by atoms with van der Waals surface area (Å²) < 4.78 is 42.2. The van der Waals surface area contributed by atoms with Gasteiger partial charge in [0.15, 0.2) is 5.82 Å². The van der Waals surface area contributed by atoms with E-state index in [-0.39, 0.29) is 22.3 Å². The molecule has 0 saturated heterocycles. The molecule has 6 N–H and O–H groups in total. The molecule has 9 nitrogen and oxygen atoms in total. The molecule has 168 valence electrons. The highest BCUT2D eigenvalue weighted by molar-refractivity contribution is 6.36. The van der Waals surface area contributed by atoms with E-state index in [1.807, 2.05) is 0 Å². The molecule has 0 aliphatic rings. The van der Waals surface area contributed by atoms with Crippen LogP contribution in [0.5, 0.6) is 5.75 Å². The number of alkyl halides is 3. The fourth-order valence-corrected chi connectivity index (χ4v) is 3.00. The standard InChI is InChI=1S/C19H17ClF3N7O2/c1-32-14-6-9(2-3-10(14)17(31)26-8-19(21,22)23)16-28-18(30-29-16)27-13-5-4-12(25)11(7-24)15(13)20/h2-7,24H,8,25H2,1H3,(H,26,31)(H2,27,28,29,30). The Bertz CT molecular complexity index is 1160. The third-order valence-electron chi connectivity index (χ3n) is 4.27. The lowest BCUT2D eigenvalue weighted by Crippen LogP contribution is -2.33. The maximum atomic E-state index is 12.3. The number of carbonyl (C=O) groups is 1. The Hall–Kier alpha value is -3.80. The Morgan fingerprint density at radius 3 is 2.72 bits per heavy atom. The number of H-pyrrole nitrogens is 1. The summed E-state index contributed by atoms with van der Waals surface area (Å²) in [4.78, 5) is 15.0. The van der Waals surface area contributed by atoms with Crippen molar-refractivity contribution in [3.05, 3.63) is 46.5 Å². The maximum absolute atomic E-state index is 12.3. The second kappa shape index (κ2) is 9.14. The van der Waals surface area contributed by atoms with Crippen LogP contribution >= 0.6 is 11.6 Å². The van der Waals surface area contributed by atoms with Crippen molar-refractivity contribution in [2.75, 3.05) is 24.7 Å². The first-order chi connectivity index (χ1) is 15.1. The maximum Gasteiger partial charge on any atom is 0.405 e. The fourth-order valence-electron chi connectivity index (χ4n) is 2.73. The van der Waals surface area contributed by atoms with Crippen LogP contribution in [-0.4, -0.2) is 47.1 Å². The number of halogens is 4. The Labute approximate surface area is 184 Å². The molecule has 0 saturated carbocycles. The van der Waals surface area contributed by atoms with E-state index in [1.54, 1.807) is 17.4 Å². The van der Waals surface area contributed by atoms with Gasteiger partial charge < -0.3 is 31.5 Å². The minimum atomic E-state index is -4.53. The molecule has 0 bridgehead atoms. The van der Waals surface area contributed by atoms with Crippen LogP contribution in [0, 0.1) is 5.41 Å². The minimum absolute atomic E-state index is 0.0605. The van der Waals surface area contributed by atoms with Gasteiger partial charge in [-0.25, -0.2) is 0 Å². The summed E-state index contributed by atoms with van der Waals surface area (Å²) in [5.74, 6) is -0.337. The van der Waals surface area contributed by atoms with Gasteiger partial charge in [0.2, 0.25) is 5.95 Å². The van der Waals surface area contributed by atoms with E-state index < -0.39 is 18.6 Å². The molecule has 0 fully saturated rings. The lowest BCUT2D eigenvalue weighted by molar-refractivity contribution is -0.123. The van der Waals surface area contributed by atoms with Crippen molar-refractivity contribution in [1.82, 2.24) is 20.5 Å². The van der Waals surface area contributed by atoms with Gasteiger partial charge >= 0.3 is 6.18 Å². The monoisotopic (exact) mass is 467 g/mol. The quantitative estimate of drug-likeness (QED) is 0.264. The lowest BCUT2D eigenvalue weighted by atomic mass is 10.1. The summed E-state index contributed by atoms with van der Waals surface area (Å²) in [6, 6.07) is 7.45. The highest BCUT2D eigenvalue weighted by Gasteiger charge is 2.28. The number of methoxy groups -OCH3 is 1. The van der Waals surface area contributed by atoms with Gasteiger partial charge in [0, 0.05) is 23.0 Å². The molecule has 0 spiro atoms. The van der Waals surface area contributed by atoms with Crippen molar-refractivity contribution in [2.24, 2.45) is 0 Å². The molecule has 1 aromatic heterocycles. The van der Waals surface area contributed by atoms with Crippen LogP contribution in [0.25, 0.3) is 11.4 Å². The highest BCUT2D eigenvalue weighted by atomic mass is 35.5. The number of hydrogen-bond acceptors (Lipinski definition) is 7. The third kappa shape index (κ3) is 5.09. The number of nitrogens with zero attached hydrogens (tertiary/aromatic N) is 2. The Morgan fingerprint density at radius 2 is 2.06 bits per heavy atom. The number of rotatable bonds is 7. The number of amides is 1. The molecule has 3 aromatic rings. The number of hydrogen-bond donors (Lipinski definition) is 5. The summed E-state index contributed by atoms with van der Waals surface area (Å²) in [5, 5.41) is 20.3. The zero-order valence-electron chi connectivity index (χ0n) is 16.5. The summed E-state index contributed by atoms with van der Waals surface area (Å²) >= 11 is 6.25. The first kappa shape index (κ1) is 22.9. The molecule has 1 heterocycles. The SMILES string of the molecule is COc1cc(-c2nnc(Nc3ccc(N)c(C=N)c3Cl)[nH]2)ccc1C(=O)NCC(F)(F)F. The van der Waals surface area contributed by atoms with Crippen molar-refractivity contribution in [1.29, 1.82) is 5.41 Å². The molecule has 0 atom stereocenters. The van der Waals surface area contributed by atoms with Crippen LogP contribution in [0.1, 0.15) is 15.9 Å². The van der Waals surface area contributed by atoms with E-state index >= 15 is 0 Å². The predicted octanol–water partition coefficient (Wildman–Crippen LogP) is 3.75. The van der Waals surface area contributed by atoms with Gasteiger partial charge in [-0.15, -0.1) is 10.2 Å². The number of nitrogen functional groups attached to an aromatic ring is 1. The number of nitrogens with one attached hydrogen (secondary N) is 4. The van der Waals surface area contributed by atoms with Crippen molar-refractivity contribution >= 4 is 41.0 Å². The van der Waals surface area contributed by atoms with E-state index in [0.29, 0.717) is 28.3 Å². The summed E-state index contributed by atoms with van der Waals surface area (Å²) in [6.07, 6.45) is -3.49. The second-order valence-electron chi connectivity index (χ2n) is 6.43. The predicted molar refractivity (Wildman–Crippen MR) is 114 cm³/mol. The van der Waals surface area contributed by atoms with E-state index in [9.17, 15) is 18.0 Å². The van der Waals surface area contributed by atoms with E-state index in [2.05, 4.69) is 20.5 Å². The Kier molecular flexibility index (Phi) is 6.53. The van der Waals surface area contributed by atoms with E-state index in [0.717, 1.165) is 6.21 Å². The van der Waals surface area contributed by atoms with Crippen LogP contribution in [0.15, 0.2) is 30.3 Å². The van der Waals surface area contributed by atoms with Gasteiger partial charge in [0.1, 0.15) is 12.3 Å². The molecule has 0 unspecified atom stereocenters. The van der Waals surface area contributed by atoms with Gasteiger partial charge in [-0.1, -0.05) is 17.7 Å². The number of carbonyl (C=O) groups excluding carboxylic acids is 1. The molecule has 0 aliphatic carbocycles. The minimum Gasteiger partial charge on any atom is -0.496 e. The van der Waals surface area contributed by atoms with E-state index in [4.69, 9.17) is 27.5 Å². The largest absolute Gasteiger partial charge is 0.496 e. The average Bonchev–Trinajstić information content (AvgIpc) is 3.22. The molecule has 3 rings (SSSR count). The van der Waals surface area contributed by atoms with Crippen LogP contribution in [0.4, 0.5) is 30.5 Å². The van der Waals surface area contributed by atoms with Gasteiger partial charge in [0.25, 0.3) is 5.91 Å². The smallest absolute Gasteiger partial charge is 0.405 e. The van der Waals surface area contributed by atoms with E-state index in [1.165, 1.54) is 25.3 Å². The van der Waals surface area contributed by atoms with Crippen LogP contribution in [0.2, 0.25) is 5.02 Å². The number of nitrogens with two attached hydrogens (primary N) is 1. The third-order valence-corrected chi connectivity index (χ3v) is 4.67. The fraction of sp³-hybridized carbons (Fsp3) is 0.158. The zero-order chi connectivity index (χ0) is 23.5. The van der Waals surface area contributed by atoms with Gasteiger partial charge in [-0.05, 0) is 24.3 Å². The summed E-state index contributed by atoms with van der Waals surface area (Å²) in [7, 11) is 1.29. The topological polar surface area (TPSA) is 142 Å². The first-order valence-electron chi connectivity index (χ1n) is 8.94. The van der Waals surface area contributed by atoms with Gasteiger partial charge in [-0.3, -0.25) is 4.79 Å². The van der Waals surface area contributed by atoms with Gasteiger partial charge in [-0.2, -0.15) is 13.2 Å². The molecule has 2 aromatic carbocycles. The molecule has 1 amide bonds. The van der Waals surface area contributed by atoms with Crippen molar-refractivity contribution < 1.29 is 22.7 Å². The van der Waals surface area contributed by atoms with Crippen molar-refractivity contribution in [3.63, 3.8) is 0 Å². The van der Waals surface area contributed by atoms with Gasteiger partial charge in [0.05, 0.1) is 23.4 Å². The molecule has 13 heteroatoms. The number of ether oxygens (including phenoxy) is 1. The molecular weight excluding hydrogens is 451 g/mol. The highest BCUT2D eigenvalue weighted by Crippen LogP contribution is 2.31. The molecule has 32 heavy (non-hydrogen) atoms. The van der Waals surface area contributed by atoms with Crippen LogP contribution in [-0.2, 0) is 0 Å². The molecule has 0 aliphatic heterocycles. The average molecular weight is 468 g/mol. The Balaban J connectivity index is 1.82. The second-order valence-corrected chi connectivity index (χ2v) is 6.81. The number of aromatic nitrogens is 3. The van der Waals surface area contributed by atoms with Crippen molar-refractivity contribution in [2.45, 2.75) is 6.18 Å². The Morgan fingerprint density at radius 1 is 1.31 bits per heavy atom. The summed E-state index contributed by atoms with van der Waals surface area (Å²) in [5.41, 5.74) is 7.32. The summed E-state index contributed by atoms with van der Waals surface area (Å²) in [6.45, 7) is -1.46. The lowest BCUT2D eigenvalue weighted by Gasteiger charge is -2.12. The first-order valence-corrected chi connectivity index (χ1v) is 9.32.